The Bertz CT molecular complexity index is 539. The molecule has 6 nitrogen and oxygen atoms in total. The molecular formula is C14H21NO5S. The van der Waals surface area contributed by atoms with Gasteiger partial charge in [0.25, 0.3) is 0 Å². The van der Waals surface area contributed by atoms with E-state index in [2.05, 4.69) is 11.2 Å². The van der Waals surface area contributed by atoms with Gasteiger partial charge in [-0.3, -0.25) is 0 Å². The molecule has 0 atom stereocenters. The lowest BCUT2D eigenvalue weighted by Gasteiger charge is -2.07. The molecule has 0 bridgehead atoms. The summed E-state index contributed by atoms with van der Waals surface area (Å²) < 4.78 is 32.8. The van der Waals surface area contributed by atoms with E-state index in [1.807, 2.05) is 6.92 Å². The van der Waals surface area contributed by atoms with Crippen LogP contribution in [0.1, 0.15) is 38.2 Å². The second-order valence-electron chi connectivity index (χ2n) is 4.65. The SMILES string of the molecule is CCCCCCOC(=O)NOS(=O)(=O)c1ccc(C)cc1. The van der Waals surface area contributed by atoms with E-state index in [9.17, 15) is 13.2 Å². The van der Waals surface area contributed by atoms with Crippen LogP contribution >= 0.6 is 0 Å². The largest absolute Gasteiger partial charge is 0.448 e. The first-order valence-corrected chi connectivity index (χ1v) is 8.29. The summed E-state index contributed by atoms with van der Waals surface area (Å²) in [7, 11) is -4.02. The number of hydroxylamine groups is 1. The number of nitrogens with one attached hydrogen (secondary N) is 1. The summed E-state index contributed by atoms with van der Waals surface area (Å²) in [5, 5.41) is 0. The molecule has 0 unspecified atom stereocenters. The van der Waals surface area contributed by atoms with Crippen molar-refractivity contribution in [3.05, 3.63) is 29.8 Å². The molecule has 0 aliphatic rings. The van der Waals surface area contributed by atoms with Crippen molar-refractivity contribution in [3.8, 4) is 0 Å². The Hall–Kier alpha value is -1.60. The normalized spacial score (nSPS) is 11.1. The summed E-state index contributed by atoms with van der Waals surface area (Å²) in [6.45, 7) is 4.16. The number of benzene rings is 1. The number of hydrogen-bond donors (Lipinski definition) is 1. The fourth-order valence-electron chi connectivity index (χ4n) is 1.57. The van der Waals surface area contributed by atoms with Crippen LogP contribution < -0.4 is 5.48 Å². The monoisotopic (exact) mass is 315 g/mol. The summed E-state index contributed by atoms with van der Waals surface area (Å²) >= 11 is 0. The molecule has 0 fully saturated rings. The zero-order chi connectivity index (χ0) is 15.7. The van der Waals surface area contributed by atoms with Crippen molar-refractivity contribution in [2.24, 2.45) is 0 Å². The van der Waals surface area contributed by atoms with Gasteiger partial charge in [-0.05, 0) is 25.5 Å². The Balaban J connectivity index is 2.36. The van der Waals surface area contributed by atoms with Crippen LogP contribution in [0.3, 0.4) is 0 Å². The highest BCUT2D eigenvalue weighted by Gasteiger charge is 2.17. The molecule has 0 saturated heterocycles. The molecule has 21 heavy (non-hydrogen) atoms. The van der Waals surface area contributed by atoms with Crippen LogP contribution in [0.15, 0.2) is 29.2 Å². The molecule has 1 N–H and O–H groups in total. The van der Waals surface area contributed by atoms with E-state index in [0.717, 1.165) is 31.2 Å². The average molecular weight is 315 g/mol. The first kappa shape index (κ1) is 17.5. The van der Waals surface area contributed by atoms with Gasteiger partial charge in [-0.15, -0.1) is 4.28 Å². The molecule has 1 amide bonds. The molecular weight excluding hydrogens is 294 g/mol. The molecule has 0 saturated carbocycles. The highest BCUT2D eigenvalue weighted by molar-refractivity contribution is 7.86. The molecule has 7 heteroatoms. The Labute approximate surface area is 125 Å². The smallest absolute Gasteiger partial charge is 0.432 e. The number of hydrogen-bond acceptors (Lipinski definition) is 5. The molecule has 1 rings (SSSR count). The van der Waals surface area contributed by atoms with Crippen molar-refractivity contribution >= 4 is 16.2 Å². The second kappa shape index (κ2) is 8.63. The maximum Gasteiger partial charge on any atom is 0.432 e. The van der Waals surface area contributed by atoms with Crippen molar-refractivity contribution in [1.82, 2.24) is 5.48 Å². The summed E-state index contributed by atoms with van der Waals surface area (Å²) in [5.41, 5.74) is 2.70. The van der Waals surface area contributed by atoms with E-state index in [-0.39, 0.29) is 11.5 Å². The van der Waals surface area contributed by atoms with Gasteiger partial charge in [0.1, 0.15) is 0 Å². The maximum absolute atomic E-state index is 11.8. The minimum atomic E-state index is -4.02. The summed E-state index contributed by atoms with van der Waals surface area (Å²) in [6, 6.07) is 6.09. The summed E-state index contributed by atoms with van der Waals surface area (Å²) in [4.78, 5) is 11.3. The quantitative estimate of drug-likeness (QED) is 0.589. The van der Waals surface area contributed by atoms with Crippen LogP contribution in [0.25, 0.3) is 0 Å². The predicted molar refractivity (Wildman–Crippen MR) is 78.1 cm³/mol. The lowest BCUT2D eigenvalue weighted by Crippen LogP contribution is -2.28. The number of carbonyl (C=O) groups is 1. The van der Waals surface area contributed by atoms with Crippen LogP contribution in [0.2, 0.25) is 0 Å². The molecule has 0 aliphatic carbocycles. The van der Waals surface area contributed by atoms with Gasteiger partial charge in [0.15, 0.2) is 0 Å². The third-order valence-electron chi connectivity index (χ3n) is 2.78. The molecule has 0 aliphatic heterocycles. The van der Waals surface area contributed by atoms with E-state index in [1.165, 1.54) is 12.1 Å². The number of rotatable bonds is 8. The van der Waals surface area contributed by atoms with Crippen molar-refractivity contribution in [3.63, 3.8) is 0 Å². The van der Waals surface area contributed by atoms with Gasteiger partial charge in [0.05, 0.1) is 11.5 Å². The zero-order valence-electron chi connectivity index (χ0n) is 12.3. The predicted octanol–water partition coefficient (Wildman–Crippen LogP) is 2.92. The van der Waals surface area contributed by atoms with Gasteiger partial charge in [-0.1, -0.05) is 43.9 Å². The highest BCUT2D eigenvalue weighted by atomic mass is 32.2. The third-order valence-corrected chi connectivity index (χ3v) is 3.93. The van der Waals surface area contributed by atoms with E-state index >= 15 is 0 Å². The van der Waals surface area contributed by atoms with Crippen molar-refractivity contribution in [2.75, 3.05) is 6.61 Å². The lowest BCUT2D eigenvalue weighted by atomic mass is 10.2. The first-order valence-electron chi connectivity index (χ1n) is 6.88. The van der Waals surface area contributed by atoms with Crippen LogP contribution in [-0.4, -0.2) is 21.1 Å². The number of aryl methyl sites for hydroxylation is 1. The summed E-state index contributed by atoms with van der Waals surface area (Å²) in [6.07, 6.45) is 2.95. The molecule has 118 valence electrons. The minimum absolute atomic E-state index is 0.0312. The van der Waals surface area contributed by atoms with Gasteiger partial charge in [0, 0.05) is 0 Å². The second-order valence-corrected chi connectivity index (χ2v) is 6.20. The van der Waals surface area contributed by atoms with Gasteiger partial charge < -0.3 is 4.74 Å². The Morgan fingerprint density at radius 2 is 1.81 bits per heavy atom. The third kappa shape index (κ3) is 6.59. The van der Waals surface area contributed by atoms with E-state index in [4.69, 9.17) is 4.74 Å². The lowest BCUT2D eigenvalue weighted by molar-refractivity contribution is 0.101. The van der Waals surface area contributed by atoms with Crippen LogP contribution in [-0.2, 0) is 19.1 Å². The van der Waals surface area contributed by atoms with Crippen LogP contribution in [0.4, 0.5) is 4.79 Å². The molecule has 1 aromatic rings. The van der Waals surface area contributed by atoms with Crippen molar-refractivity contribution in [2.45, 2.75) is 44.4 Å². The Morgan fingerprint density at radius 3 is 2.43 bits per heavy atom. The number of unbranched alkanes of at least 4 members (excludes halogenated alkanes) is 3. The number of ether oxygens (including phenoxy) is 1. The highest BCUT2D eigenvalue weighted by Crippen LogP contribution is 2.12. The number of amides is 1. The van der Waals surface area contributed by atoms with Crippen molar-refractivity contribution in [1.29, 1.82) is 0 Å². The van der Waals surface area contributed by atoms with E-state index < -0.39 is 16.2 Å². The van der Waals surface area contributed by atoms with Gasteiger partial charge in [-0.25, -0.2) is 4.79 Å². The van der Waals surface area contributed by atoms with Crippen molar-refractivity contribution < 1.29 is 22.2 Å². The van der Waals surface area contributed by atoms with Crippen LogP contribution in [0, 0.1) is 6.92 Å². The molecule has 0 spiro atoms. The molecule has 0 aromatic heterocycles. The van der Waals surface area contributed by atoms with Gasteiger partial charge in [-0.2, -0.15) is 13.9 Å². The standard InChI is InChI=1S/C14H21NO5S/c1-3-4-5-6-11-19-14(16)15-20-21(17,18)13-9-7-12(2)8-10-13/h7-10H,3-6,11H2,1-2H3,(H,15,16). The van der Waals surface area contributed by atoms with Gasteiger partial charge >= 0.3 is 16.2 Å². The van der Waals surface area contributed by atoms with E-state index in [1.54, 1.807) is 17.6 Å². The maximum atomic E-state index is 11.8. The molecule has 0 heterocycles. The Kier molecular flexibility index (Phi) is 7.18. The minimum Gasteiger partial charge on any atom is -0.448 e. The molecule has 0 radical (unpaired) electrons. The Morgan fingerprint density at radius 1 is 1.14 bits per heavy atom. The van der Waals surface area contributed by atoms with E-state index in [0.29, 0.717) is 0 Å². The van der Waals surface area contributed by atoms with Crippen LogP contribution in [0.5, 0.6) is 0 Å². The fourth-order valence-corrected chi connectivity index (χ4v) is 2.31. The fraction of sp³-hybridized carbons (Fsp3) is 0.500. The number of carbonyl (C=O) groups excluding carboxylic acids is 1. The van der Waals surface area contributed by atoms with Gasteiger partial charge in [0.2, 0.25) is 0 Å². The average Bonchev–Trinajstić information content (AvgIpc) is 2.45. The first-order chi connectivity index (χ1) is 9.95. The summed E-state index contributed by atoms with van der Waals surface area (Å²) in [5.74, 6) is 0. The molecule has 1 aromatic carbocycles. The topological polar surface area (TPSA) is 81.7 Å². The zero-order valence-corrected chi connectivity index (χ0v) is 13.1.